The maximum absolute atomic E-state index is 12.2. The number of aryl methyl sites for hydroxylation is 1. The minimum Gasteiger partial charge on any atom is -0.389 e. The molecule has 0 spiro atoms. The normalized spacial score (nSPS) is 17.5. The van der Waals surface area contributed by atoms with Gasteiger partial charge in [0.2, 0.25) is 0 Å². The summed E-state index contributed by atoms with van der Waals surface area (Å²) in [6.45, 7) is 10.1. The van der Waals surface area contributed by atoms with Crippen molar-refractivity contribution in [2.75, 3.05) is 37.6 Å². The Morgan fingerprint density at radius 2 is 1.95 bits per heavy atom. The van der Waals surface area contributed by atoms with Crippen LogP contribution in [0.1, 0.15) is 20.8 Å². The molecule has 2 heterocycles. The molecular formula is C14H24N4O2. The van der Waals surface area contributed by atoms with E-state index < -0.39 is 5.60 Å². The molecule has 0 radical (unpaired) electrons. The number of rotatable bonds is 4. The molecule has 1 aromatic rings. The third kappa shape index (κ3) is 3.58. The van der Waals surface area contributed by atoms with Crippen LogP contribution in [0.25, 0.3) is 0 Å². The second kappa shape index (κ2) is 5.93. The Kier molecular flexibility index (Phi) is 4.45. The van der Waals surface area contributed by atoms with Crippen molar-refractivity contribution in [1.82, 2.24) is 14.5 Å². The lowest BCUT2D eigenvalue weighted by molar-refractivity contribution is 0.0344. The highest BCUT2D eigenvalue weighted by Crippen LogP contribution is 2.11. The van der Waals surface area contributed by atoms with Gasteiger partial charge < -0.3 is 14.6 Å². The second-order valence-corrected chi connectivity index (χ2v) is 5.92. The summed E-state index contributed by atoms with van der Waals surface area (Å²) >= 11 is 0. The molecule has 1 fully saturated rings. The summed E-state index contributed by atoms with van der Waals surface area (Å²) in [5, 5.41) is 9.84. The summed E-state index contributed by atoms with van der Waals surface area (Å²) in [5.74, 6) is 0.539. The fourth-order valence-electron chi connectivity index (χ4n) is 2.57. The van der Waals surface area contributed by atoms with E-state index in [0.29, 0.717) is 18.9 Å². The lowest BCUT2D eigenvalue weighted by Gasteiger charge is -2.37. The van der Waals surface area contributed by atoms with Crippen LogP contribution in [-0.4, -0.2) is 57.9 Å². The summed E-state index contributed by atoms with van der Waals surface area (Å²) in [6.07, 6.45) is 3.40. The SMILES string of the molecule is CCn1ccnc(N2CCN(CC(C)(C)O)CC2)c1=O. The zero-order chi connectivity index (χ0) is 14.8. The summed E-state index contributed by atoms with van der Waals surface area (Å²) in [6, 6.07) is 0. The first-order valence-electron chi connectivity index (χ1n) is 7.16. The fraction of sp³-hybridized carbons (Fsp3) is 0.714. The van der Waals surface area contributed by atoms with Gasteiger partial charge in [0.15, 0.2) is 5.82 Å². The van der Waals surface area contributed by atoms with Crippen LogP contribution in [0, 0.1) is 0 Å². The largest absolute Gasteiger partial charge is 0.389 e. The summed E-state index contributed by atoms with van der Waals surface area (Å²) in [7, 11) is 0. The van der Waals surface area contributed by atoms with Gasteiger partial charge in [0.25, 0.3) is 5.56 Å². The van der Waals surface area contributed by atoms with Gasteiger partial charge in [-0.1, -0.05) is 0 Å². The average molecular weight is 280 g/mol. The first-order chi connectivity index (χ1) is 9.40. The Morgan fingerprint density at radius 3 is 2.50 bits per heavy atom. The summed E-state index contributed by atoms with van der Waals surface area (Å²) in [5.41, 5.74) is -0.701. The molecule has 0 unspecified atom stereocenters. The Balaban J connectivity index is 2.03. The lowest BCUT2D eigenvalue weighted by atomic mass is 10.1. The van der Waals surface area contributed by atoms with Crippen molar-refractivity contribution in [3.8, 4) is 0 Å². The number of aromatic nitrogens is 2. The highest BCUT2D eigenvalue weighted by molar-refractivity contribution is 5.36. The Morgan fingerprint density at radius 1 is 1.30 bits per heavy atom. The summed E-state index contributed by atoms with van der Waals surface area (Å²) in [4.78, 5) is 20.7. The molecule has 1 aliphatic heterocycles. The predicted octanol–water partition coefficient (Wildman–Crippen LogP) is 0.156. The number of anilines is 1. The second-order valence-electron chi connectivity index (χ2n) is 5.92. The monoisotopic (exact) mass is 280 g/mol. The quantitative estimate of drug-likeness (QED) is 0.851. The molecule has 1 aromatic heterocycles. The smallest absolute Gasteiger partial charge is 0.293 e. The van der Waals surface area contributed by atoms with E-state index in [1.54, 1.807) is 17.0 Å². The van der Waals surface area contributed by atoms with Crippen LogP contribution < -0.4 is 10.5 Å². The fourth-order valence-corrected chi connectivity index (χ4v) is 2.57. The molecule has 112 valence electrons. The van der Waals surface area contributed by atoms with Crippen LogP contribution >= 0.6 is 0 Å². The van der Waals surface area contributed by atoms with Gasteiger partial charge in [0.05, 0.1) is 5.60 Å². The van der Waals surface area contributed by atoms with Gasteiger partial charge in [-0.3, -0.25) is 9.69 Å². The van der Waals surface area contributed by atoms with E-state index in [2.05, 4.69) is 9.88 Å². The molecule has 0 amide bonds. The van der Waals surface area contributed by atoms with Gasteiger partial charge in [0.1, 0.15) is 0 Å². The van der Waals surface area contributed by atoms with Gasteiger partial charge >= 0.3 is 0 Å². The average Bonchev–Trinajstić information content (AvgIpc) is 2.38. The van der Waals surface area contributed by atoms with Crippen LogP contribution in [0.4, 0.5) is 5.82 Å². The molecule has 0 saturated carbocycles. The van der Waals surface area contributed by atoms with Crippen molar-refractivity contribution in [2.24, 2.45) is 0 Å². The van der Waals surface area contributed by atoms with E-state index in [4.69, 9.17) is 0 Å². The third-order valence-corrected chi connectivity index (χ3v) is 3.52. The van der Waals surface area contributed by atoms with Gasteiger partial charge in [-0.05, 0) is 20.8 Å². The van der Waals surface area contributed by atoms with Crippen molar-refractivity contribution in [1.29, 1.82) is 0 Å². The molecule has 0 aliphatic carbocycles. The zero-order valence-corrected chi connectivity index (χ0v) is 12.5. The molecule has 1 N–H and O–H groups in total. The van der Waals surface area contributed by atoms with E-state index in [-0.39, 0.29) is 5.56 Å². The number of aliphatic hydroxyl groups is 1. The van der Waals surface area contributed by atoms with Crippen LogP contribution in [0.15, 0.2) is 17.2 Å². The predicted molar refractivity (Wildman–Crippen MR) is 79.1 cm³/mol. The van der Waals surface area contributed by atoms with Crippen molar-refractivity contribution in [2.45, 2.75) is 32.9 Å². The van der Waals surface area contributed by atoms with Gasteiger partial charge in [-0.25, -0.2) is 4.98 Å². The first kappa shape index (κ1) is 15.0. The molecule has 0 aromatic carbocycles. The highest BCUT2D eigenvalue weighted by Gasteiger charge is 2.24. The van der Waals surface area contributed by atoms with E-state index in [1.807, 2.05) is 25.7 Å². The molecule has 0 atom stereocenters. The van der Waals surface area contributed by atoms with Gasteiger partial charge in [-0.2, -0.15) is 0 Å². The lowest BCUT2D eigenvalue weighted by Crippen LogP contribution is -2.51. The van der Waals surface area contributed by atoms with Gasteiger partial charge in [0, 0.05) is 51.7 Å². The van der Waals surface area contributed by atoms with E-state index in [9.17, 15) is 9.90 Å². The van der Waals surface area contributed by atoms with Crippen molar-refractivity contribution < 1.29 is 5.11 Å². The number of piperazine rings is 1. The van der Waals surface area contributed by atoms with Crippen molar-refractivity contribution >= 4 is 5.82 Å². The molecule has 0 bridgehead atoms. The molecule has 2 rings (SSSR count). The van der Waals surface area contributed by atoms with E-state index in [1.165, 1.54) is 0 Å². The van der Waals surface area contributed by atoms with Crippen molar-refractivity contribution in [3.63, 3.8) is 0 Å². The number of hydrogen-bond donors (Lipinski definition) is 1. The Labute approximate surface area is 119 Å². The number of hydrogen-bond acceptors (Lipinski definition) is 5. The molecule has 6 heteroatoms. The minimum absolute atomic E-state index is 0.0223. The first-order valence-corrected chi connectivity index (χ1v) is 7.16. The molecule has 1 aliphatic rings. The Bertz CT molecular complexity index is 499. The highest BCUT2D eigenvalue weighted by atomic mass is 16.3. The molecule has 20 heavy (non-hydrogen) atoms. The van der Waals surface area contributed by atoms with Crippen LogP contribution in [0.2, 0.25) is 0 Å². The number of β-amino-alcohol motifs (C(OH)–C–C–N with tert-alkyl or cyclic N) is 1. The standard InChI is InChI=1S/C14H24N4O2/c1-4-17-6-5-15-12(13(17)19)18-9-7-16(8-10-18)11-14(2,3)20/h5-6,20H,4,7-11H2,1-3H3. The molecule has 6 nitrogen and oxygen atoms in total. The van der Waals surface area contributed by atoms with E-state index >= 15 is 0 Å². The van der Waals surface area contributed by atoms with Crippen LogP contribution in [0.5, 0.6) is 0 Å². The number of nitrogens with zero attached hydrogens (tertiary/aromatic N) is 4. The zero-order valence-electron chi connectivity index (χ0n) is 12.5. The van der Waals surface area contributed by atoms with E-state index in [0.717, 1.165) is 26.2 Å². The molecular weight excluding hydrogens is 256 g/mol. The molecule has 1 saturated heterocycles. The van der Waals surface area contributed by atoms with Gasteiger partial charge in [-0.15, -0.1) is 0 Å². The maximum Gasteiger partial charge on any atom is 0.293 e. The maximum atomic E-state index is 12.2. The summed E-state index contributed by atoms with van der Waals surface area (Å²) < 4.78 is 1.67. The Hall–Kier alpha value is -1.40. The van der Waals surface area contributed by atoms with Crippen molar-refractivity contribution in [3.05, 3.63) is 22.7 Å². The minimum atomic E-state index is -0.678. The topological polar surface area (TPSA) is 61.6 Å². The van der Waals surface area contributed by atoms with Crippen LogP contribution in [0.3, 0.4) is 0 Å². The third-order valence-electron chi connectivity index (χ3n) is 3.52. The van der Waals surface area contributed by atoms with Crippen LogP contribution in [-0.2, 0) is 6.54 Å².